The molecule has 1 rings (SSSR count). The summed E-state index contributed by atoms with van der Waals surface area (Å²) in [4.78, 5) is 4.34. The highest BCUT2D eigenvalue weighted by atomic mass is 15.1. The Morgan fingerprint density at radius 2 is 2.23 bits per heavy atom. The molecule has 74 valence electrons. The average molecular weight is 181 g/mol. The minimum Gasteiger partial charge on any atom is -0.332 e. The lowest BCUT2D eigenvalue weighted by atomic mass is 10.2. The van der Waals surface area contributed by atoms with Gasteiger partial charge in [-0.25, -0.2) is 4.98 Å². The number of rotatable bonds is 4. The fourth-order valence-electron chi connectivity index (χ4n) is 1.45. The maximum absolute atomic E-state index is 5.52. The second-order valence-electron chi connectivity index (χ2n) is 3.86. The molecule has 0 bridgehead atoms. The maximum Gasteiger partial charge on any atom is 0.110 e. The molecule has 3 nitrogen and oxygen atoms in total. The van der Waals surface area contributed by atoms with Gasteiger partial charge in [0.2, 0.25) is 0 Å². The third-order valence-corrected chi connectivity index (χ3v) is 2.05. The van der Waals surface area contributed by atoms with Gasteiger partial charge >= 0.3 is 0 Å². The lowest BCUT2D eigenvalue weighted by Gasteiger charge is -2.11. The van der Waals surface area contributed by atoms with Crippen LogP contribution in [0.15, 0.2) is 6.20 Å². The van der Waals surface area contributed by atoms with Gasteiger partial charge in [0.1, 0.15) is 5.82 Å². The first-order valence-corrected chi connectivity index (χ1v) is 4.86. The van der Waals surface area contributed by atoms with E-state index in [9.17, 15) is 0 Å². The highest BCUT2D eigenvalue weighted by Crippen LogP contribution is 2.08. The zero-order valence-electron chi connectivity index (χ0n) is 8.75. The molecule has 0 amide bonds. The van der Waals surface area contributed by atoms with Crippen LogP contribution in [0.5, 0.6) is 0 Å². The maximum atomic E-state index is 5.52. The number of nitrogens with zero attached hydrogens (tertiary/aromatic N) is 2. The summed E-state index contributed by atoms with van der Waals surface area (Å²) in [6, 6.07) is 0. The van der Waals surface area contributed by atoms with Crippen LogP contribution < -0.4 is 5.73 Å². The van der Waals surface area contributed by atoms with Crippen LogP contribution in [0.1, 0.15) is 25.4 Å². The van der Waals surface area contributed by atoms with Crippen molar-refractivity contribution in [3.63, 3.8) is 0 Å². The highest BCUT2D eigenvalue weighted by Gasteiger charge is 2.06. The van der Waals surface area contributed by atoms with E-state index in [2.05, 4.69) is 30.3 Å². The fraction of sp³-hybridized carbons (Fsp3) is 0.700. The van der Waals surface area contributed by atoms with Crippen molar-refractivity contribution in [2.45, 2.75) is 33.7 Å². The van der Waals surface area contributed by atoms with E-state index < -0.39 is 0 Å². The Morgan fingerprint density at radius 1 is 1.54 bits per heavy atom. The van der Waals surface area contributed by atoms with Gasteiger partial charge in [0, 0.05) is 24.9 Å². The van der Waals surface area contributed by atoms with Gasteiger partial charge in [-0.05, 0) is 19.4 Å². The zero-order valence-corrected chi connectivity index (χ0v) is 8.75. The van der Waals surface area contributed by atoms with Gasteiger partial charge < -0.3 is 10.3 Å². The van der Waals surface area contributed by atoms with E-state index in [1.807, 2.05) is 6.20 Å². The molecule has 0 unspecified atom stereocenters. The molecular formula is C10H19N3. The van der Waals surface area contributed by atoms with Crippen LogP contribution in [0.2, 0.25) is 0 Å². The lowest BCUT2D eigenvalue weighted by molar-refractivity contribution is 0.499. The number of hydrogen-bond acceptors (Lipinski definition) is 2. The Balaban J connectivity index is 2.81. The van der Waals surface area contributed by atoms with Crippen molar-refractivity contribution < 1.29 is 0 Å². The van der Waals surface area contributed by atoms with Gasteiger partial charge in [0.05, 0.1) is 0 Å². The molecule has 0 radical (unpaired) electrons. The minimum absolute atomic E-state index is 0.657. The molecule has 13 heavy (non-hydrogen) atoms. The first kappa shape index (κ1) is 10.3. The largest absolute Gasteiger partial charge is 0.332 e. The predicted molar refractivity (Wildman–Crippen MR) is 54.6 cm³/mol. The molecule has 1 heterocycles. The zero-order chi connectivity index (χ0) is 9.84. The number of aryl methyl sites for hydroxylation is 1. The number of hydrogen-bond donors (Lipinski definition) is 1. The summed E-state index contributed by atoms with van der Waals surface area (Å²) < 4.78 is 2.26. The molecular weight excluding hydrogens is 162 g/mol. The van der Waals surface area contributed by atoms with Crippen molar-refractivity contribution in [3.8, 4) is 0 Å². The van der Waals surface area contributed by atoms with Crippen LogP contribution in [-0.2, 0) is 13.0 Å². The highest BCUT2D eigenvalue weighted by molar-refractivity contribution is 5.03. The van der Waals surface area contributed by atoms with Crippen LogP contribution >= 0.6 is 0 Å². The van der Waals surface area contributed by atoms with E-state index in [0.717, 1.165) is 18.8 Å². The third-order valence-electron chi connectivity index (χ3n) is 2.05. The molecule has 0 aromatic carbocycles. The molecule has 0 aliphatic carbocycles. The van der Waals surface area contributed by atoms with Gasteiger partial charge in [0.25, 0.3) is 0 Å². The van der Waals surface area contributed by atoms with Crippen molar-refractivity contribution in [3.05, 3.63) is 17.7 Å². The van der Waals surface area contributed by atoms with Crippen LogP contribution in [0.25, 0.3) is 0 Å². The number of imidazole rings is 1. The smallest absolute Gasteiger partial charge is 0.110 e. The monoisotopic (exact) mass is 181 g/mol. The Bertz CT molecular complexity index is 263. The summed E-state index contributed by atoms with van der Waals surface area (Å²) in [7, 11) is 0. The van der Waals surface area contributed by atoms with Crippen LogP contribution in [0.3, 0.4) is 0 Å². The summed E-state index contributed by atoms with van der Waals surface area (Å²) in [6.07, 6.45) is 2.80. The summed E-state index contributed by atoms with van der Waals surface area (Å²) in [5.74, 6) is 1.78. The van der Waals surface area contributed by atoms with Crippen molar-refractivity contribution in [1.29, 1.82) is 0 Å². The van der Waals surface area contributed by atoms with Crippen molar-refractivity contribution in [2.24, 2.45) is 11.7 Å². The first-order valence-electron chi connectivity index (χ1n) is 4.86. The second-order valence-corrected chi connectivity index (χ2v) is 3.86. The molecule has 0 fully saturated rings. The topological polar surface area (TPSA) is 43.8 Å². The Hall–Kier alpha value is -0.830. The van der Waals surface area contributed by atoms with Gasteiger partial charge in [-0.1, -0.05) is 13.8 Å². The average Bonchev–Trinajstić information content (AvgIpc) is 2.36. The molecule has 1 aromatic rings. The summed E-state index contributed by atoms with van der Waals surface area (Å²) >= 11 is 0. The molecule has 2 N–H and O–H groups in total. The molecule has 0 saturated heterocycles. The van der Waals surface area contributed by atoms with E-state index in [0.29, 0.717) is 12.5 Å². The Kier molecular flexibility index (Phi) is 3.48. The van der Waals surface area contributed by atoms with E-state index >= 15 is 0 Å². The second kappa shape index (κ2) is 4.42. The van der Waals surface area contributed by atoms with Crippen molar-refractivity contribution >= 4 is 0 Å². The Morgan fingerprint density at radius 3 is 2.77 bits per heavy atom. The molecule has 0 aliphatic heterocycles. The van der Waals surface area contributed by atoms with Gasteiger partial charge in [-0.15, -0.1) is 0 Å². The standard InChI is InChI=1S/C10H19N3/c1-8(2)7-13-9(3)6-12-10(13)4-5-11/h6,8H,4-5,7,11H2,1-3H3. The Labute approximate surface area is 80.0 Å². The molecule has 0 saturated carbocycles. The van der Waals surface area contributed by atoms with Crippen LogP contribution in [0, 0.1) is 12.8 Å². The molecule has 3 heteroatoms. The molecule has 0 atom stereocenters. The van der Waals surface area contributed by atoms with Gasteiger partial charge in [0.15, 0.2) is 0 Å². The predicted octanol–water partition coefficient (Wildman–Crippen LogP) is 1.35. The quantitative estimate of drug-likeness (QED) is 0.762. The lowest BCUT2D eigenvalue weighted by Crippen LogP contribution is -2.13. The summed E-state index contributed by atoms with van der Waals surface area (Å²) in [6.45, 7) is 8.24. The van der Waals surface area contributed by atoms with E-state index in [4.69, 9.17) is 5.73 Å². The number of aromatic nitrogens is 2. The van der Waals surface area contributed by atoms with E-state index in [-0.39, 0.29) is 0 Å². The number of nitrogens with two attached hydrogens (primary N) is 1. The SMILES string of the molecule is Cc1cnc(CCN)n1CC(C)C. The van der Waals surface area contributed by atoms with Gasteiger partial charge in [-0.2, -0.15) is 0 Å². The third kappa shape index (κ3) is 2.56. The van der Waals surface area contributed by atoms with Crippen LogP contribution in [-0.4, -0.2) is 16.1 Å². The molecule has 0 aliphatic rings. The normalized spacial score (nSPS) is 11.2. The molecule has 1 aromatic heterocycles. The first-order chi connectivity index (χ1) is 6.15. The minimum atomic E-state index is 0.657. The molecule has 0 spiro atoms. The van der Waals surface area contributed by atoms with Crippen molar-refractivity contribution in [1.82, 2.24) is 9.55 Å². The van der Waals surface area contributed by atoms with Gasteiger partial charge in [-0.3, -0.25) is 0 Å². The van der Waals surface area contributed by atoms with E-state index in [1.54, 1.807) is 0 Å². The van der Waals surface area contributed by atoms with Crippen LogP contribution in [0.4, 0.5) is 0 Å². The fourth-order valence-corrected chi connectivity index (χ4v) is 1.45. The summed E-state index contributed by atoms with van der Waals surface area (Å²) in [5.41, 5.74) is 6.75. The summed E-state index contributed by atoms with van der Waals surface area (Å²) in [5, 5.41) is 0. The van der Waals surface area contributed by atoms with Crippen molar-refractivity contribution in [2.75, 3.05) is 6.54 Å². The van der Waals surface area contributed by atoms with E-state index in [1.165, 1.54) is 5.69 Å².